The normalized spacial score (nSPS) is 14.1. The van der Waals surface area contributed by atoms with Crippen LogP contribution < -0.4 is 4.90 Å². The second kappa shape index (κ2) is 6.00. The Morgan fingerprint density at radius 2 is 2.00 bits per heavy atom. The number of fused-ring (bicyclic) bond motifs is 1. The number of halogens is 1. The van der Waals surface area contributed by atoms with Crippen molar-refractivity contribution in [3.05, 3.63) is 51.9 Å². The van der Waals surface area contributed by atoms with Crippen molar-refractivity contribution in [2.75, 3.05) is 18.6 Å². The number of ether oxygens (including phenoxy) is 1. The van der Waals surface area contributed by atoms with Gasteiger partial charge in [-0.05, 0) is 36.1 Å². The summed E-state index contributed by atoms with van der Waals surface area (Å²) in [7, 11) is 1.66. The van der Waals surface area contributed by atoms with Crippen LogP contribution in [0.15, 0.2) is 24.3 Å². The second-order valence-corrected chi connectivity index (χ2v) is 5.60. The summed E-state index contributed by atoms with van der Waals surface area (Å²) >= 11 is 6.07. The molecule has 1 aromatic carbocycles. The van der Waals surface area contributed by atoms with Gasteiger partial charge in [0.05, 0.1) is 12.3 Å². The molecule has 0 fully saturated rings. The molecule has 0 unspecified atom stereocenters. The summed E-state index contributed by atoms with van der Waals surface area (Å²) in [6.07, 6.45) is 1.02. The largest absolute Gasteiger partial charge is 0.378 e. The number of benzene rings is 1. The van der Waals surface area contributed by atoms with Crippen LogP contribution in [0.25, 0.3) is 0 Å². The Kier molecular flexibility index (Phi) is 4.08. The first kappa shape index (κ1) is 14.3. The molecule has 1 aromatic heterocycles. The van der Waals surface area contributed by atoms with Crippen LogP contribution in [0.3, 0.4) is 0 Å². The summed E-state index contributed by atoms with van der Waals surface area (Å²) in [6, 6.07) is 8.55. The lowest BCUT2D eigenvalue weighted by molar-refractivity contribution is 0.181. The Morgan fingerprint density at radius 3 is 2.76 bits per heavy atom. The van der Waals surface area contributed by atoms with Crippen LogP contribution in [0.5, 0.6) is 0 Å². The fraction of sp³-hybridized carbons (Fsp3) is 0.375. The maximum Gasteiger partial charge on any atom is 0.224 e. The van der Waals surface area contributed by atoms with E-state index in [9.17, 15) is 0 Å². The lowest BCUT2D eigenvalue weighted by atomic mass is 9.99. The topological polar surface area (TPSA) is 38.3 Å². The van der Waals surface area contributed by atoms with Crippen LogP contribution in [-0.4, -0.2) is 23.6 Å². The first-order chi connectivity index (χ1) is 10.2. The molecule has 0 atom stereocenters. The highest BCUT2D eigenvalue weighted by molar-refractivity contribution is 6.28. The van der Waals surface area contributed by atoms with E-state index >= 15 is 0 Å². The molecule has 0 saturated heterocycles. The molecular formula is C16H18ClN3O. The zero-order chi connectivity index (χ0) is 14.8. The van der Waals surface area contributed by atoms with E-state index in [1.54, 1.807) is 7.11 Å². The zero-order valence-electron chi connectivity index (χ0n) is 12.3. The van der Waals surface area contributed by atoms with Crippen molar-refractivity contribution in [3.8, 4) is 0 Å². The Bertz CT molecular complexity index is 660. The summed E-state index contributed by atoms with van der Waals surface area (Å²) in [6.45, 7) is 4.28. The van der Waals surface area contributed by atoms with Gasteiger partial charge in [0.2, 0.25) is 5.28 Å². The van der Waals surface area contributed by atoms with Gasteiger partial charge in [0.1, 0.15) is 5.82 Å². The van der Waals surface area contributed by atoms with E-state index in [2.05, 4.69) is 39.1 Å². The third-order valence-corrected chi connectivity index (χ3v) is 4.07. The number of aromatic nitrogens is 2. The number of anilines is 1. The van der Waals surface area contributed by atoms with E-state index in [0.29, 0.717) is 6.61 Å². The summed E-state index contributed by atoms with van der Waals surface area (Å²) in [5.74, 6) is 0.913. The van der Waals surface area contributed by atoms with Gasteiger partial charge in [-0.2, -0.15) is 0 Å². The maximum atomic E-state index is 6.07. The predicted octanol–water partition coefficient (Wildman–Crippen LogP) is 3.15. The highest BCUT2D eigenvalue weighted by atomic mass is 35.5. The SMILES string of the molecule is COCc1nc(Cl)nc(N2CCc3ccccc3C2)c1C. The molecule has 5 heteroatoms. The van der Waals surface area contributed by atoms with E-state index in [1.165, 1.54) is 11.1 Å². The quantitative estimate of drug-likeness (QED) is 0.817. The molecule has 2 aromatic rings. The average Bonchev–Trinajstić information content (AvgIpc) is 2.50. The standard InChI is InChI=1S/C16H18ClN3O/c1-11-14(10-21-2)18-16(17)19-15(11)20-8-7-12-5-3-4-6-13(12)9-20/h3-6H,7-10H2,1-2H3. The van der Waals surface area contributed by atoms with E-state index in [0.717, 1.165) is 36.6 Å². The maximum absolute atomic E-state index is 6.07. The molecule has 0 aliphatic carbocycles. The Balaban J connectivity index is 1.95. The molecule has 1 aliphatic heterocycles. The number of hydrogen-bond acceptors (Lipinski definition) is 4. The van der Waals surface area contributed by atoms with E-state index < -0.39 is 0 Å². The van der Waals surface area contributed by atoms with Gasteiger partial charge in [-0.3, -0.25) is 0 Å². The zero-order valence-corrected chi connectivity index (χ0v) is 13.0. The first-order valence-corrected chi connectivity index (χ1v) is 7.40. The summed E-state index contributed by atoms with van der Waals surface area (Å²) in [4.78, 5) is 11.0. The molecule has 21 heavy (non-hydrogen) atoms. The molecule has 0 saturated carbocycles. The summed E-state index contributed by atoms with van der Waals surface area (Å²) < 4.78 is 5.19. The smallest absolute Gasteiger partial charge is 0.224 e. The Labute approximate surface area is 129 Å². The number of rotatable bonds is 3. The Hall–Kier alpha value is -1.65. The van der Waals surface area contributed by atoms with Crippen molar-refractivity contribution in [2.45, 2.75) is 26.5 Å². The minimum atomic E-state index is 0.279. The van der Waals surface area contributed by atoms with Gasteiger partial charge < -0.3 is 9.64 Å². The molecule has 0 bridgehead atoms. The van der Waals surface area contributed by atoms with Crippen molar-refractivity contribution in [2.24, 2.45) is 0 Å². The lowest BCUT2D eigenvalue weighted by Gasteiger charge is -2.31. The minimum Gasteiger partial charge on any atom is -0.378 e. The Morgan fingerprint density at radius 1 is 1.24 bits per heavy atom. The van der Waals surface area contributed by atoms with Gasteiger partial charge in [-0.1, -0.05) is 24.3 Å². The molecule has 0 N–H and O–H groups in total. The molecular weight excluding hydrogens is 286 g/mol. The number of hydrogen-bond donors (Lipinski definition) is 0. The predicted molar refractivity (Wildman–Crippen MR) is 83.7 cm³/mol. The van der Waals surface area contributed by atoms with Crippen molar-refractivity contribution in [3.63, 3.8) is 0 Å². The van der Waals surface area contributed by atoms with Crippen LogP contribution >= 0.6 is 11.6 Å². The molecule has 1 aliphatic rings. The molecule has 0 amide bonds. The van der Waals surface area contributed by atoms with Gasteiger partial charge in [0.25, 0.3) is 0 Å². The van der Waals surface area contributed by atoms with Crippen LogP contribution in [0.1, 0.15) is 22.4 Å². The van der Waals surface area contributed by atoms with Crippen LogP contribution in [-0.2, 0) is 24.3 Å². The fourth-order valence-electron chi connectivity index (χ4n) is 2.78. The van der Waals surface area contributed by atoms with Crippen LogP contribution in [0.2, 0.25) is 5.28 Å². The number of methoxy groups -OCH3 is 1. The van der Waals surface area contributed by atoms with Crippen LogP contribution in [0, 0.1) is 6.92 Å². The third kappa shape index (κ3) is 2.87. The summed E-state index contributed by atoms with van der Waals surface area (Å²) in [5, 5.41) is 0.279. The van der Waals surface area contributed by atoms with Crippen LogP contribution in [0.4, 0.5) is 5.82 Å². The monoisotopic (exact) mass is 303 g/mol. The molecule has 0 radical (unpaired) electrons. The van der Waals surface area contributed by atoms with Gasteiger partial charge in [0.15, 0.2) is 0 Å². The van der Waals surface area contributed by atoms with Crippen molar-refractivity contribution in [1.29, 1.82) is 0 Å². The van der Waals surface area contributed by atoms with E-state index in [4.69, 9.17) is 16.3 Å². The fourth-order valence-corrected chi connectivity index (χ4v) is 2.96. The molecule has 2 heterocycles. The molecule has 4 nitrogen and oxygen atoms in total. The highest BCUT2D eigenvalue weighted by Crippen LogP contribution is 2.27. The lowest BCUT2D eigenvalue weighted by Crippen LogP contribution is -2.32. The summed E-state index contributed by atoms with van der Waals surface area (Å²) in [5.41, 5.74) is 4.67. The molecule has 3 rings (SSSR count). The third-order valence-electron chi connectivity index (χ3n) is 3.90. The van der Waals surface area contributed by atoms with Crippen molar-refractivity contribution < 1.29 is 4.74 Å². The van der Waals surface area contributed by atoms with Crippen molar-refractivity contribution in [1.82, 2.24) is 9.97 Å². The first-order valence-electron chi connectivity index (χ1n) is 7.02. The number of nitrogens with zero attached hydrogens (tertiary/aromatic N) is 3. The highest BCUT2D eigenvalue weighted by Gasteiger charge is 2.21. The molecule has 0 spiro atoms. The molecule has 110 valence electrons. The minimum absolute atomic E-state index is 0.279. The van der Waals surface area contributed by atoms with Gasteiger partial charge >= 0.3 is 0 Å². The second-order valence-electron chi connectivity index (χ2n) is 5.26. The van der Waals surface area contributed by atoms with Gasteiger partial charge in [-0.15, -0.1) is 0 Å². The van der Waals surface area contributed by atoms with Gasteiger partial charge in [-0.25, -0.2) is 9.97 Å². The van der Waals surface area contributed by atoms with E-state index in [-0.39, 0.29) is 5.28 Å². The van der Waals surface area contributed by atoms with E-state index in [1.807, 2.05) is 6.92 Å². The average molecular weight is 304 g/mol. The van der Waals surface area contributed by atoms with Gasteiger partial charge in [0, 0.05) is 25.8 Å². The van der Waals surface area contributed by atoms with Crippen molar-refractivity contribution >= 4 is 17.4 Å².